The van der Waals surface area contributed by atoms with Crippen molar-refractivity contribution in [1.29, 1.82) is 0 Å². The maximum Gasteiger partial charge on any atom is 0.384 e. The van der Waals surface area contributed by atoms with Gasteiger partial charge in [0.25, 0.3) is 11.9 Å². The third-order valence-electron chi connectivity index (χ3n) is 4.04. The van der Waals surface area contributed by atoms with Crippen LogP contribution in [0.2, 0.25) is 0 Å². The van der Waals surface area contributed by atoms with Crippen LogP contribution in [0.3, 0.4) is 0 Å². The molecule has 220 valence electrons. The predicted octanol–water partition coefficient (Wildman–Crippen LogP) is 5.76. The van der Waals surface area contributed by atoms with E-state index in [9.17, 15) is 91.8 Å². The summed E-state index contributed by atoms with van der Waals surface area (Å²) in [5.41, 5.74) is -5.99. The molecule has 0 saturated heterocycles. The summed E-state index contributed by atoms with van der Waals surface area (Å²) in [6, 6.07) is 0. The van der Waals surface area contributed by atoms with Crippen LogP contribution in [0.1, 0.15) is 0 Å². The third-order valence-corrected chi connectivity index (χ3v) is 4.86. The second kappa shape index (κ2) is 10.4. The van der Waals surface area contributed by atoms with Crippen LogP contribution in [0.25, 0.3) is 0 Å². The van der Waals surface area contributed by atoms with E-state index in [0.717, 1.165) is 0 Å². The molecular weight excluding hydrogens is 599 g/mol. The molecule has 0 radical (unpaired) electrons. The first-order valence-electron chi connectivity index (χ1n) is 7.71. The van der Waals surface area contributed by atoms with Gasteiger partial charge in [0.15, 0.2) is 18.5 Å². The lowest BCUT2D eigenvalue weighted by molar-refractivity contribution is -0.432. The maximum atomic E-state index is 13.5. The van der Waals surface area contributed by atoms with Crippen LogP contribution in [0.5, 0.6) is 0 Å². The Morgan fingerprint density at radius 3 is 1.08 bits per heavy atom. The van der Waals surface area contributed by atoms with Crippen LogP contribution >= 0.6 is 0 Å². The Morgan fingerprint density at radius 1 is 0.500 bits per heavy atom. The summed E-state index contributed by atoms with van der Waals surface area (Å²) in [4.78, 5) is 0. The normalized spacial score (nSPS) is 19.4. The average Bonchev–Trinajstić information content (AvgIpc) is 2.68. The van der Waals surface area contributed by atoms with E-state index in [0.29, 0.717) is 0 Å². The van der Waals surface area contributed by atoms with E-state index in [1.165, 1.54) is 0 Å². The van der Waals surface area contributed by atoms with E-state index < -0.39 is 82.3 Å². The molecule has 24 heteroatoms. The zero-order valence-corrected chi connectivity index (χ0v) is 16.8. The Morgan fingerprint density at radius 2 is 0.806 bits per heavy atom. The minimum atomic E-state index is -8.75. The minimum Gasteiger partial charge on any atom is -0.344 e. The maximum absolute atomic E-state index is 13.5. The molecule has 0 spiro atoms. The van der Waals surface area contributed by atoms with Crippen LogP contribution in [-0.4, -0.2) is 85.1 Å². The van der Waals surface area contributed by atoms with Gasteiger partial charge in [-0.05, 0) is 0 Å². The molecule has 0 heterocycles. The van der Waals surface area contributed by atoms with Crippen molar-refractivity contribution in [3.8, 4) is 0 Å². The van der Waals surface area contributed by atoms with Gasteiger partial charge in [0, 0.05) is 0 Å². The molecule has 0 saturated carbocycles. The number of hydrogen-bond donors (Lipinski definition) is 2. The van der Waals surface area contributed by atoms with Crippen molar-refractivity contribution in [1.82, 2.24) is 6.15 Å². The summed E-state index contributed by atoms with van der Waals surface area (Å²) >= 11 is 0. The fourth-order valence-electron chi connectivity index (χ4n) is 1.99. The van der Waals surface area contributed by atoms with Crippen molar-refractivity contribution in [3.05, 3.63) is 0 Å². The zero-order valence-electron chi connectivity index (χ0n) is 16.0. The van der Waals surface area contributed by atoms with Gasteiger partial charge in [0.1, 0.15) is 0 Å². The molecule has 4 N–H and O–H groups in total. The van der Waals surface area contributed by atoms with E-state index in [4.69, 9.17) is 4.55 Å². The highest BCUT2D eigenvalue weighted by Gasteiger charge is 2.92. The van der Waals surface area contributed by atoms with Crippen LogP contribution in [0.15, 0.2) is 0 Å². The first-order chi connectivity index (χ1) is 15.0. The van der Waals surface area contributed by atoms with Crippen LogP contribution in [0.4, 0.5) is 83.4 Å². The van der Waals surface area contributed by atoms with Gasteiger partial charge in [-0.1, -0.05) is 0 Å². The van der Waals surface area contributed by atoms with E-state index in [1.807, 2.05) is 0 Å². The van der Waals surface area contributed by atoms with E-state index in [-0.39, 0.29) is 6.15 Å². The Kier molecular flexibility index (Phi) is 10.6. The molecule has 0 fully saturated rings. The molecule has 5 atom stereocenters. The summed E-state index contributed by atoms with van der Waals surface area (Å²) in [7, 11) is -7.22. The minimum absolute atomic E-state index is 0. The number of alkyl halides is 19. The van der Waals surface area contributed by atoms with Crippen molar-refractivity contribution < 1.29 is 96.4 Å². The van der Waals surface area contributed by atoms with E-state index >= 15 is 0 Å². The van der Waals surface area contributed by atoms with Crippen molar-refractivity contribution in [2.45, 2.75) is 72.2 Å². The van der Waals surface area contributed by atoms with E-state index in [2.05, 4.69) is 0 Å². The second-order valence-corrected chi connectivity index (χ2v) is 7.89. The molecule has 0 aliphatic rings. The van der Waals surface area contributed by atoms with Crippen molar-refractivity contribution in [3.63, 3.8) is 0 Å². The lowest BCUT2D eigenvalue weighted by Gasteiger charge is -2.42. The molecule has 36 heavy (non-hydrogen) atoms. The van der Waals surface area contributed by atoms with E-state index in [1.54, 1.807) is 0 Å². The summed E-state index contributed by atoms with van der Waals surface area (Å²) in [5, 5.41) is 0. The zero-order chi connectivity index (χ0) is 29.0. The molecule has 0 aromatic heterocycles. The fraction of sp³-hybridized carbons (Fsp3) is 1.00. The number of rotatable bonds is 12. The van der Waals surface area contributed by atoms with Crippen molar-refractivity contribution in [2.24, 2.45) is 0 Å². The lowest BCUT2D eigenvalue weighted by Crippen LogP contribution is -2.73. The van der Waals surface area contributed by atoms with Gasteiger partial charge >= 0.3 is 45.7 Å². The summed E-state index contributed by atoms with van der Waals surface area (Å²) in [6.07, 6.45) is -25.6. The monoisotopic (exact) mass is 609 g/mol. The van der Waals surface area contributed by atoms with Crippen molar-refractivity contribution >= 4 is 10.1 Å². The molecule has 5 unspecified atom stereocenters. The Balaban J connectivity index is 0. The van der Waals surface area contributed by atoms with Gasteiger partial charge in [-0.15, -0.1) is 0 Å². The Labute approximate surface area is 186 Å². The molecule has 0 aromatic carbocycles. The van der Waals surface area contributed by atoms with Crippen LogP contribution in [-0.2, 0) is 10.1 Å². The lowest BCUT2D eigenvalue weighted by atomic mass is 9.88. The van der Waals surface area contributed by atoms with Crippen LogP contribution in [0, 0.1) is 0 Å². The molecule has 4 nitrogen and oxygen atoms in total. The van der Waals surface area contributed by atoms with Gasteiger partial charge < -0.3 is 6.15 Å². The van der Waals surface area contributed by atoms with Crippen molar-refractivity contribution in [2.75, 3.05) is 0 Å². The number of halogens is 19. The summed E-state index contributed by atoms with van der Waals surface area (Å²) < 4.78 is 277. The molecule has 0 bridgehead atoms. The highest BCUT2D eigenvalue weighted by molar-refractivity contribution is 7.86. The first-order valence-corrected chi connectivity index (χ1v) is 9.21. The highest BCUT2D eigenvalue weighted by atomic mass is 32.2. The topological polar surface area (TPSA) is 89.4 Å². The molecular formula is C12H10F19NO3S. The Hall–Kier alpha value is -1.46. The molecule has 0 amide bonds. The SMILES string of the molecule is N.O=S(=O)(O)C(F)C(F)(F)C(F)(F)C(F)(F)C(F)(F)C(F)(F)C(F)(F)C(F)C(F)C(F)C(F)C(F)F. The standard InChI is InChI=1S/C12H7F19O3S.H3N/c13-1(3(15)5(17)18)2(14)4(16)7(20,21)9(24,25)11(28,29)12(30,31)10(26,27)8(22,23)6(19)35(32,33)34;/h1-6H,(H,32,33,34);1H3. The average molecular weight is 609 g/mol. The second-order valence-electron chi connectivity index (χ2n) is 6.44. The summed E-state index contributed by atoms with van der Waals surface area (Å²) in [5.74, 6) is -50.2. The van der Waals surface area contributed by atoms with Gasteiger partial charge in [0.05, 0.1) is 0 Å². The first kappa shape index (κ1) is 36.7. The Bertz CT molecular complexity index is 849. The quantitative estimate of drug-likeness (QED) is 0.218. The molecule has 0 aliphatic carbocycles. The molecule has 0 aromatic rings. The van der Waals surface area contributed by atoms with Crippen LogP contribution < -0.4 is 6.15 Å². The predicted molar refractivity (Wildman–Crippen MR) is 76.7 cm³/mol. The summed E-state index contributed by atoms with van der Waals surface area (Å²) in [6.45, 7) is 0. The van der Waals surface area contributed by atoms with Gasteiger partial charge in [-0.3, -0.25) is 4.55 Å². The largest absolute Gasteiger partial charge is 0.384 e. The van der Waals surface area contributed by atoms with Gasteiger partial charge in [0.2, 0.25) is 6.17 Å². The van der Waals surface area contributed by atoms with Gasteiger partial charge in [-0.25, -0.2) is 30.7 Å². The smallest absolute Gasteiger partial charge is 0.344 e. The fourth-order valence-corrected chi connectivity index (χ4v) is 2.51. The number of hydrogen-bond acceptors (Lipinski definition) is 3. The molecule has 0 aliphatic heterocycles. The highest BCUT2D eigenvalue weighted by Crippen LogP contribution is 2.61. The van der Waals surface area contributed by atoms with Gasteiger partial charge in [-0.2, -0.15) is 61.1 Å². The molecule has 0 rings (SSSR count). The third kappa shape index (κ3) is 5.38.